The van der Waals surface area contributed by atoms with Crippen LogP contribution in [0.25, 0.3) is 0 Å². The van der Waals surface area contributed by atoms with E-state index in [2.05, 4.69) is 48.3 Å². The van der Waals surface area contributed by atoms with Crippen LogP contribution in [-0.4, -0.2) is 7.05 Å². The van der Waals surface area contributed by atoms with Crippen LogP contribution in [0.3, 0.4) is 0 Å². The van der Waals surface area contributed by atoms with Crippen LogP contribution >= 0.6 is 0 Å². The molecular weight excluding hydrogens is 218 g/mol. The highest BCUT2D eigenvalue weighted by Crippen LogP contribution is 2.09. The lowest BCUT2D eigenvalue weighted by Crippen LogP contribution is -2.06. The Labute approximate surface area is 109 Å². The van der Waals surface area contributed by atoms with Gasteiger partial charge in [-0.05, 0) is 37.2 Å². The number of aryl methyl sites for hydroxylation is 1. The van der Waals surface area contributed by atoms with Gasteiger partial charge >= 0.3 is 0 Å². The molecule has 0 atom stereocenters. The predicted octanol–water partition coefficient (Wildman–Crippen LogP) is 3.11. The maximum Gasteiger partial charge on any atom is 0.0294 e. The molecule has 0 spiro atoms. The molecule has 1 nitrogen and oxygen atoms in total. The summed E-state index contributed by atoms with van der Waals surface area (Å²) in [7, 11) is 1.95. The van der Waals surface area contributed by atoms with Crippen molar-refractivity contribution in [1.82, 2.24) is 5.32 Å². The summed E-state index contributed by atoms with van der Waals surface area (Å²) in [6, 6.07) is 16.5. The van der Waals surface area contributed by atoms with Gasteiger partial charge in [0.15, 0.2) is 0 Å². The van der Waals surface area contributed by atoms with Gasteiger partial charge in [-0.25, -0.2) is 0 Å². The molecule has 2 aromatic rings. The van der Waals surface area contributed by atoms with Crippen molar-refractivity contribution in [3.05, 3.63) is 70.8 Å². The molecule has 0 heterocycles. The third-order valence-corrected chi connectivity index (χ3v) is 2.86. The Kier molecular flexibility index (Phi) is 4.17. The molecule has 0 aliphatic heterocycles. The van der Waals surface area contributed by atoms with Gasteiger partial charge in [0.2, 0.25) is 0 Å². The van der Waals surface area contributed by atoms with Crippen LogP contribution < -0.4 is 5.32 Å². The van der Waals surface area contributed by atoms with Crippen LogP contribution in [0, 0.1) is 18.8 Å². The summed E-state index contributed by atoms with van der Waals surface area (Å²) in [6.45, 7) is 2.93. The van der Waals surface area contributed by atoms with Gasteiger partial charge in [0.1, 0.15) is 0 Å². The second-order valence-electron chi connectivity index (χ2n) is 4.25. The average molecular weight is 235 g/mol. The molecule has 0 bridgehead atoms. The molecule has 2 rings (SSSR count). The Balaban J connectivity index is 2.33. The first-order valence-corrected chi connectivity index (χ1v) is 6.11. The van der Waals surface area contributed by atoms with Crippen LogP contribution in [-0.2, 0) is 6.54 Å². The van der Waals surface area contributed by atoms with Gasteiger partial charge in [-0.15, -0.1) is 0 Å². The number of nitrogens with one attached hydrogen (secondary N) is 1. The quantitative estimate of drug-likeness (QED) is 0.789. The molecule has 0 unspecified atom stereocenters. The van der Waals surface area contributed by atoms with Crippen molar-refractivity contribution in [3.8, 4) is 11.8 Å². The summed E-state index contributed by atoms with van der Waals surface area (Å²) in [5.74, 6) is 6.52. The fraction of sp³-hybridized carbons (Fsp3) is 0.176. The molecule has 2 aromatic carbocycles. The highest BCUT2D eigenvalue weighted by molar-refractivity contribution is 5.48. The minimum absolute atomic E-state index is 0.846. The summed E-state index contributed by atoms with van der Waals surface area (Å²) in [6.07, 6.45) is 0. The van der Waals surface area contributed by atoms with Crippen LogP contribution in [0.15, 0.2) is 48.5 Å². The third-order valence-electron chi connectivity index (χ3n) is 2.86. The van der Waals surface area contributed by atoms with E-state index in [4.69, 9.17) is 0 Å². The summed E-state index contributed by atoms with van der Waals surface area (Å²) >= 11 is 0. The van der Waals surface area contributed by atoms with Crippen molar-refractivity contribution in [2.45, 2.75) is 13.5 Å². The lowest BCUT2D eigenvalue weighted by atomic mass is 10.1. The monoisotopic (exact) mass is 235 g/mol. The average Bonchev–Trinajstić information content (AvgIpc) is 2.40. The van der Waals surface area contributed by atoms with Gasteiger partial charge < -0.3 is 5.32 Å². The molecule has 0 saturated carbocycles. The van der Waals surface area contributed by atoms with Gasteiger partial charge in [-0.3, -0.25) is 0 Å². The zero-order valence-corrected chi connectivity index (χ0v) is 10.8. The number of rotatable bonds is 2. The molecule has 18 heavy (non-hydrogen) atoms. The van der Waals surface area contributed by atoms with Gasteiger partial charge in [0.25, 0.3) is 0 Å². The second kappa shape index (κ2) is 6.05. The molecule has 0 aromatic heterocycles. The Morgan fingerprint density at radius 2 is 1.50 bits per heavy atom. The minimum atomic E-state index is 0.846. The maximum atomic E-state index is 3.27. The van der Waals surface area contributed by atoms with Crippen LogP contribution in [0.5, 0.6) is 0 Å². The second-order valence-corrected chi connectivity index (χ2v) is 4.25. The number of hydrogen-bond acceptors (Lipinski definition) is 1. The van der Waals surface area contributed by atoms with Crippen molar-refractivity contribution in [1.29, 1.82) is 0 Å². The highest BCUT2D eigenvalue weighted by Gasteiger charge is 1.97. The van der Waals surface area contributed by atoms with Crippen molar-refractivity contribution in [2.24, 2.45) is 0 Å². The first kappa shape index (κ1) is 12.4. The molecule has 0 aliphatic carbocycles. The molecule has 1 heteroatoms. The predicted molar refractivity (Wildman–Crippen MR) is 76.4 cm³/mol. The zero-order valence-electron chi connectivity index (χ0n) is 10.8. The minimum Gasteiger partial charge on any atom is -0.316 e. The van der Waals surface area contributed by atoms with Crippen molar-refractivity contribution >= 4 is 0 Å². The maximum absolute atomic E-state index is 3.27. The topological polar surface area (TPSA) is 12.0 Å². The van der Waals surface area contributed by atoms with E-state index >= 15 is 0 Å². The Bertz CT molecular complexity index is 588. The van der Waals surface area contributed by atoms with Crippen LogP contribution in [0.2, 0.25) is 0 Å². The van der Waals surface area contributed by atoms with Gasteiger partial charge in [0.05, 0.1) is 0 Å². The molecule has 0 aliphatic rings. The van der Waals surface area contributed by atoms with Crippen LogP contribution in [0.1, 0.15) is 22.3 Å². The standard InChI is InChI=1S/C17H17N/c1-14-7-3-4-8-15(14)11-12-16-9-5-6-10-17(16)13-18-2/h3-10,18H,13H2,1-2H3. The smallest absolute Gasteiger partial charge is 0.0294 e. The van der Waals surface area contributed by atoms with E-state index < -0.39 is 0 Å². The van der Waals surface area contributed by atoms with Gasteiger partial charge in [0, 0.05) is 17.7 Å². The fourth-order valence-corrected chi connectivity index (χ4v) is 1.83. The molecular formula is C17H17N. The Morgan fingerprint density at radius 1 is 0.889 bits per heavy atom. The summed E-state index contributed by atoms with van der Waals surface area (Å²) in [5, 5.41) is 3.17. The van der Waals surface area contributed by atoms with Gasteiger partial charge in [-0.1, -0.05) is 48.2 Å². The van der Waals surface area contributed by atoms with E-state index in [-0.39, 0.29) is 0 Å². The summed E-state index contributed by atoms with van der Waals surface area (Å²) < 4.78 is 0. The van der Waals surface area contributed by atoms with E-state index in [1.807, 2.05) is 31.3 Å². The fourth-order valence-electron chi connectivity index (χ4n) is 1.83. The molecule has 0 fully saturated rings. The largest absolute Gasteiger partial charge is 0.316 e. The molecule has 90 valence electrons. The van der Waals surface area contributed by atoms with Crippen molar-refractivity contribution < 1.29 is 0 Å². The van der Waals surface area contributed by atoms with Gasteiger partial charge in [-0.2, -0.15) is 0 Å². The summed E-state index contributed by atoms with van der Waals surface area (Å²) in [4.78, 5) is 0. The molecule has 0 saturated heterocycles. The third kappa shape index (κ3) is 3.00. The normalized spacial score (nSPS) is 9.67. The number of hydrogen-bond donors (Lipinski definition) is 1. The molecule has 0 amide bonds. The SMILES string of the molecule is CNCc1ccccc1C#Cc1ccccc1C. The zero-order chi connectivity index (χ0) is 12.8. The highest BCUT2D eigenvalue weighted by atomic mass is 14.8. The lowest BCUT2D eigenvalue weighted by molar-refractivity contribution is 0.816. The van der Waals surface area contributed by atoms with Crippen LogP contribution in [0.4, 0.5) is 0 Å². The lowest BCUT2D eigenvalue weighted by Gasteiger charge is -2.02. The summed E-state index contributed by atoms with van der Waals surface area (Å²) in [5.41, 5.74) is 4.64. The molecule has 0 radical (unpaired) electrons. The van der Waals surface area contributed by atoms with E-state index in [9.17, 15) is 0 Å². The Hall–Kier alpha value is -2.04. The number of benzene rings is 2. The van der Waals surface area contributed by atoms with E-state index in [0.29, 0.717) is 0 Å². The first-order valence-electron chi connectivity index (χ1n) is 6.11. The van der Waals surface area contributed by atoms with Crippen molar-refractivity contribution in [2.75, 3.05) is 7.05 Å². The van der Waals surface area contributed by atoms with E-state index in [1.54, 1.807) is 0 Å². The van der Waals surface area contributed by atoms with Crippen molar-refractivity contribution in [3.63, 3.8) is 0 Å². The van der Waals surface area contributed by atoms with E-state index in [0.717, 1.165) is 17.7 Å². The van der Waals surface area contributed by atoms with E-state index in [1.165, 1.54) is 11.1 Å². The Morgan fingerprint density at radius 3 is 2.22 bits per heavy atom. The molecule has 1 N–H and O–H groups in total. The first-order chi connectivity index (χ1) is 8.81.